The highest BCUT2D eigenvalue weighted by molar-refractivity contribution is 6.00. The van der Waals surface area contributed by atoms with Crippen LogP contribution in [0.2, 0.25) is 0 Å². The molecule has 0 aliphatic rings. The van der Waals surface area contributed by atoms with Gasteiger partial charge in [0.2, 0.25) is 0 Å². The van der Waals surface area contributed by atoms with Gasteiger partial charge in [-0.3, -0.25) is 9.59 Å². The van der Waals surface area contributed by atoms with Crippen LogP contribution in [0.25, 0.3) is 0 Å². The molecular formula is C32H38F3N3O3. The van der Waals surface area contributed by atoms with Crippen molar-refractivity contribution < 1.29 is 27.9 Å². The molecule has 0 spiro atoms. The summed E-state index contributed by atoms with van der Waals surface area (Å²) in [6, 6.07) is 13.0. The predicted octanol–water partition coefficient (Wildman–Crippen LogP) is 5.17. The van der Waals surface area contributed by atoms with E-state index in [-0.39, 0.29) is 42.4 Å². The third kappa shape index (κ3) is 9.72. The average molecular weight is 570 g/mol. The highest BCUT2D eigenvalue weighted by Crippen LogP contribution is 2.16. The van der Waals surface area contributed by atoms with Crippen molar-refractivity contribution in [2.75, 3.05) is 19.6 Å². The predicted molar refractivity (Wildman–Crippen MR) is 153 cm³/mol. The molecule has 0 aliphatic carbocycles. The Labute approximate surface area is 239 Å². The summed E-state index contributed by atoms with van der Waals surface area (Å²) in [6.45, 7) is 7.25. The van der Waals surface area contributed by atoms with E-state index in [1.165, 1.54) is 18.2 Å². The molecule has 0 aliphatic heterocycles. The molecule has 2 amide bonds. The van der Waals surface area contributed by atoms with Crippen molar-refractivity contribution in [3.8, 4) is 0 Å². The van der Waals surface area contributed by atoms with Gasteiger partial charge in [-0.05, 0) is 85.3 Å². The van der Waals surface area contributed by atoms with Crippen molar-refractivity contribution in [2.24, 2.45) is 0 Å². The molecule has 2 atom stereocenters. The van der Waals surface area contributed by atoms with Crippen molar-refractivity contribution in [1.29, 1.82) is 0 Å². The molecule has 0 fully saturated rings. The Morgan fingerprint density at radius 1 is 0.854 bits per heavy atom. The zero-order valence-electron chi connectivity index (χ0n) is 23.7. The fraction of sp³-hybridized carbons (Fsp3) is 0.375. The number of carbonyl (C=O) groups excluding carboxylic acids is 2. The molecule has 0 bridgehead atoms. The number of amides is 2. The molecule has 0 saturated heterocycles. The monoisotopic (exact) mass is 569 g/mol. The van der Waals surface area contributed by atoms with Crippen LogP contribution >= 0.6 is 0 Å². The minimum Gasteiger partial charge on any atom is -0.390 e. The number of rotatable bonds is 14. The third-order valence-electron chi connectivity index (χ3n) is 6.59. The average Bonchev–Trinajstić information content (AvgIpc) is 2.91. The van der Waals surface area contributed by atoms with E-state index in [4.69, 9.17) is 0 Å². The third-order valence-corrected chi connectivity index (χ3v) is 6.59. The zero-order chi connectivity index (χ0) is 29.9. The van der Waals surface area contributed by atoms with E-state index in [0.29, 0.717) is 24.2 Å². The van der Waals surface area contributed by atoms with Crippen molar-refractivity contribution in [3.63, 3.8) is 0 Å². The fourth-order valence-electron chi connectivity index (χ4n) is 4.75. The van der Waals surface area contributed by atoms with Crippen LogP contribution < -0.4 is 10.6 Å². The first kappa shape index (κ1) is 31.8. The van der Waals surface area contributed by atoms with Crippen molar-refractivity contribution in [3.05, 3.63) is 106 Å². The molecule has 41 heavy (non-hydrogen) atoms. The van der Waals surface area contributed by atoms with E-state index in [0.717, 1.165) is 36.6 Å². The number of carbonyl (C=O) groups is 2. The lowest BCUT2D eigenvalue weighted by molar-refractivity contribution is 0.0755. The smallest absolute Gasteiger partial charge is 0.253 e. The van der Waals surface area contributed by atoms with E-state index < -0.39 is 29.7 Å². The molecule has 220 valence electrons. The normalized spacial score (nSPS) is 12.6. The lowest BCUT2D eigenvalue weighted by Gasteiger charge is -2.25. The van der Waals surface area contributed by atoms with Crippen LogP contribution in [0.15, 0.2) is 60.7 Å². The van der Waals surface area contributed by atoms with E-state index in [2.05, 4.69) is 10.6 Å². The zero-order valence-corrected chi connectivity index (χ0v) is 23.7. The maximum Gasteiger partial charge on any atom is 0.253 e. The van der Waals surface area contributed by atoms with Gasteiger partial charge >= 0.3 is 0 Å². The molecule has 0 saturated carbocycles. The van der Waals surface area contributed by atoms with Crippen molar-refractivity contribution in [2.45, 2.75) is 58.7 Å². The fourth-order valence-corrected chi connectivity index (χ4v) is 4.75. The van der Waals surface area contributed by atoms with Gasteiger partial charge in [0.05, 0.1) is 12.1 Å². The van der Waals surface area contributed by atoms with Gasteiger partial charge in [0.15, 0.2) is 0 Å². The van der Waals surface area contributed by atoms with Gasteiger partial charge in [-0.25, -0.2) is 13.2 Å². The van der Waals surface area contributed by atoms with Gasteiger partial charge < -0.3 is 20.6 Å². The van der Waals surface area contributed by atoms with E-state index in [9.17, 15) is 27.9 Å². The number of nitrogens with one attached hydrogen (secondary N) is 2. The van der Waals surface area contributed by atoms with Crippen LogP contribution in [0.3, 0.4) is 0 Å². The van der Waals surface area contributed by atoms with Crippen LogP contribution in [0.1, 0.15) is 64.1 Å². The number of benzene rings is 3. The topological polar surface area (TPSA) is 81.7 Å². The minimum absolute atomic E-state index is 0.0137. The van der Waals surface area contributed by atoms with Gasteiger partial charge in [0, 0.05) is 43.4 Å². The summed E-state index contributed by atoms with van der Waals surface area (Å²) < 4.78 is 41.3. The summed E-state index contributed by atoms with van der Waals surface area (Å²) in [7, 11) is 0. The molecule has 0 heterocycles. The van der Waals surface area contributed by atoms with Crippen molar-refractivity contribution >= 4 is 11.8 Å². The Morgan fingerprint density at radius 2 is 1.49 bits per heavy atom. The summed E-state index contributed by atoms with van der Waals surface area (Å²) in [6.07, 6.45) is 0.396. The SMILES string of the molecule is CCCN(CCC)C(=O)c1cc(C)cc(C(=O)N[C@@H](Cc2cc(F)cc(F)c2)[C@H](O)CNCc2cccc(F)c2)c1. The highest BCUT2D eigenvalue weighted by atomic mass is 19.1. The standard InChI is InChI=1S/C32H38F3N3O3/c1-4-9-38(10-5-2)32(41)25-12-21(3)11-24(17-25)31(40)37-29(16-23-14-27(34)18-28(35)15-23)30(39)20-36-19-22-7-6-8-26(33)13-22/h6-8,11-15,17-18,29-30,36,39H,4-5,9-10,16,19-20H2,1-3H3,(H,37,40)/t29-,30+/m0/s1. The number of aryl methyl sites for hydroxylation is 1. The second-order valence-corrected chi connectivity index (χ2v) is 10.3. The molecule has 0 radical (unpaired) electrons. The highest BCUT2D eigenvalue weighted by Gasteiger charge is 2.24. The maximum absolute atomic E-state index is 13.9. The second kappa shape index (κ2) is 15.3. The lowest BCUT2D eigenvalue weighted by atomic mass is 9.99. The number of halogens is 3. The molecule has 3 aromatic carbocycles. The van der Waals surface area contributed by atoms with E-state index in [1.54, 1.807) is 36.1 Å². The van der Waals surface area contributed by atoms with Gasteiger partial charge in [-0.2, -0.15) is 0 Å². The number of nitrogens with zero attached hydrogens (tertiary/aromatic N) is 1. The molecule has 3 aromatic rings. The number of hydrogen-bond acceptors (Lipinski definition) is 4. The summed E-state index contributed by atoms with van der Waals surface area (Å²) in [4.78, 5) is 28.4. The first-order valence-electron chi connectivity index (χ1n) is 13.9. The van der Waals surface area contributed by atoms with Crippen LogP contribution in [0, 0.1) is 24.4 Å². The van der Waals surface area contributed by atoms with Gasteiger partial charge in [-0.15, -0.1) is 0 Å². The van der Waals surface area contributed by atoms with Gasteiger partial charge in [-0.1, -0.05) is 26.0 Å². The molecule has 3 N–H and O–H groups in total. The molecule has 6 nitrogen and oxygen atoms in total. The summed E-state index contributed by atoms with van der Waals surface area (Å²) in [5, 5.41) is 16.9. The Hall–Kier alpha value is -3.69. The van der Waals surface area contributed by atoms with Crippen LogP contribution in [-0.4, -0.2) is 53.6 Å². The Morgan fingerprint density at radius 3 is 2.12 bits per heavy atom. The molecule has 0 unspecified atom stereocenters. The molecule has 0 aromatic heterocycles. The second-order valence-electron chi connectivity index (χ2n) is 10.3. The Kier molecular flexibility index (Phi) is 11.9. The van der Waals surface area contributed by atoms with Crippen LogP contribution in [0.4, 0.5) is 13.2 Å². The number of aliphatic hydroxyl groups excluding tert-OH is 1. The Bertz CT molecular complexity index is 1310. The quantitative estimate of drug-likeness (QED) is 0.250. The number of aliphatic hydroxyl groups is 1. The van der Waals surface area contributed by atoms with Crippen LogP contribution in [-0.2, 0) is 13.0 Å². The largest absolute Gasteiger partial charge is 0.390 e. The van der Waals surface area contributed by atoms with Gasteiger partial charge in [0.1, 0.15) is 17.5 Å². The van der Waals surface area contributed by atoms with Crippen LogP contribution in [0.5, 0.6) is 0 Å². The van der Waals surface area contributed by atoms with Gasteiger partial charge in [0.25, 0.3) is 11.8 Å². The van der Waals surface area contributed by atoms with E-state index in [1.807, 2.05) is 13.8 Å². The summed E-state index contributed by atoms with van der Waals surface area (Å²) in [5.74, 6) is -2.62. The molecule has 3 rings (SSSR count). The number of hydrogen-bond donors (Lipinski definition) is 3. The summed E-state index contributed by atoms with van der Waals surface area (Å²) >= 11 is 0. The Balaban J connectivity index is 1.81. The molecular weight excluding hydrogens is 531 g/mol. The maximum atomic E-state index is 13.9. The summed E-state index contributed by atoms with van der Waals surface area (Å²) in [5.41, 5.74) is 2.26. The first-order valence-corrected chi connectivity index (χ1v) is 13.9. The first-order chi connectivity index (χ1) is 19.6. The lowest BCUT2D eigenvalue weighted by Crippen LogP contribution is -2.48. The van der Waals surface area contributed by atoms with Crippen molar-refractivity contribution in [1.82, 2.24) is 15.5 Å². The molecule has 9 heteroatoms. The minimum atomic E-state index is -1.16. The van der Waals surface area contributed by atoms with E-state index >= 15 is 0 Å².